The fraction of sp³-hybridized carbons (Fsp3) is 0.533. The summed E-state index contributed by atoms with van der Waals surface area (Å²) in [6.45, 7) is 3.78. The van der Waals surface area contributed by atoms with E-state index in [-0.39, 0.29) is 11.7 Å². The summed E-state index contributed by atoms with van der Waals surface area (Å²) in [5.74, 6) is -0.155. The van der Waals surface area contributed by atoms with Gasteiger partial charge in [0.2, 0.25) is 5.91 Å². The van der Waals surface area contributed by atoms with E-state index in [9.17, 15) is 9.18 Å². The molecule has 0 bridgehead atoms. The van der Waals surface area contributed by atoms with Crippen molar-refractivity contribution in [3.05, 3.63) is 35.6 Å². The molecule has 1 aromatic rings. The van der Waals surface area contributed by atoms with Crippen LogP contribution in [-0.4, -0.2) is 37.0 Å². The summed E-state index contributed by atoms with van der Waals surface area (Å²) in [4.78, 5) is 14.2. The summed E-state index contributed by atoms with van der Waals surface area (Å²) < 4.78 is 13.1. The number of rotatable bonds is 2. The second-order valence-corrected chi connectivity index (χ2v) is 5.80. The fourth-order valence-electron chi connectivity index (χ4n) is 3.23. The molecule has 4 heteroatoms. The minimum absolute atomic E-state index is 0.120. The summed E-state index contributed by atoms with van der Waals surface area (Å²) in [5, 5.41) is 3.38. The van der Waals surface area contributed by atoms with Crippen LogP contribution in [0.1, 0.15) is 18.4 Å². The van der Waals surface area contributed by atoms with Crippen molar-refractivity contribution >= 4 is 5.91 Å². The molecule has 3 rings (SSSR count). The fourth-order valence-corrected chi connectivity index (χ4v) is 3.23. The van der Waals surface area contributed by atoms with Crippen LogP contribution in [0.3, 0.4) is 0 Å². The number of nitrogens with zero attached hydrogens (tertiary/aromatic N) is 1. The van der Waals surface area contributed by atoms with Gasteiger partial charge in [-0.15, -0.1) is 0 Å². The molecule has 0 aliphatic carbocycles. The highest BCUT2D eigenvalue weighted by Crippen LogP contribution is 2.36. The lowest BCUT2D eigenvalue weighted by Crippen LogP contribution is -2.34. The number of carbonyl (C=O) groups excluding carboxylic acids is 1. The van der Waals surface area contributed by atoms with Crippen molar-refractivity contribution in [1.29, 1.82) is 0 Å². The number of carbonyl (C=O) groups is 1. The van der Waals surface area contributed by atoms with Crippen LogP contribution in [0.25, 0.3) is 0 Å². The zero-order valence-corrected chi connectivity index (χ0v) is 11.0. The Kier molecular flexibility index (Phi) is 3.27. The summed E-state index contributed by atoms with van der Waals surface area (Å²) >= 11 is 0. The van der Waals surface area contributed by atoms with Gasteiger partial charge in [-0.3, -0.25) is 4.79 Å². The molecule has 1 aromatic carbocycles. The van der Waals surface area contributed by atoms with Gasteiger partial charge in [0.25, 0.3) is 0 Å². The van der Waals surface area contributed by atoms with Crippen LogP contribution in [0.2, 0.25) is 0 Å². The van der Waals surface area contributed by atoms with Crippen molar-refractivity contribution in [2.45, 2.75) is 19.3 Å². The van der Waals surface area contributed by atoms with Crippen LogP contribution in [0, 0.1) is 11.2 Å². The predicted molar refractivity (Wildman–Crippen MR) is 71.2 cm³/mol. The highest BCUT2D eigenvalue weighted by atomic mass is 19.1. The summed E-state index contributed by atoms with van der Waals surface area (Å²) in [7, 11) is 0. The molecule has 0 radical (unpaired) electrons. The third kappa shape index (κ3) is 2.63. The molecule has 0 saturated carbocycles. The van der Waals surface area contributed by atoms with Gasteiger partial charge in [0, 0.05) is 25.0 Å². The molecule has 2 heterocycles. The summed E-state index contributed by atoms with van der Waals surface area (Å²) in [5.41, 5.74) is 1.06. The van der Waals surface area contributed by atoms with Crippen LogP contribution in [0.15, 0.2) is 24.3 Å². The SMILES string of the molecule is O=C(Cc1cccc(F)c1)N1CCC2(CCNC2)C1. The van der Waals surface area contributed by atoms with Crippen molar-refractivity contribution in [2.75, 3.05) is 26.2 Å². The van der Waals surface area contributed by atoms with Crippen LogP contribution < -0.4 is 5.32 Å². The van der Waals surface area contributed by atoms with E-state index >= 15 is 0 Å². The molecule has 1 N–H and O–H groups in total. The molecule has 2 aliphatic heterocycles. The number of benzene rings is 1. The third-order valence-electron chi connectivity index (χ3n) is 4.37. The second kappa shape index (κ2) is 4.93. The number of amides is 1. The molecule has 0 aromatic heterocycles. The predicted octanol–water partition coefficient (Wildman–Crippen LogP) is 1.58. The van der Waals surface area contributed by atoms with Gasteiger partial charge in [0.15, 0.2) is 0 Å². The van der Waals surface area contributed by atoms with E-state index in [0.29, 0.717) is 11.8 Å². The Morgan fingerprint density at radius 3 is 3.05 bits per heavy atom. The smallest absolute Gasteiger partial charge is 0.227 e. The highest BCUT2D eigenvalue weighted by Gasteiger charge is 2.41. The molecule has 1 unspecified atom stereocenters. The van der Waals surface area contributed by atoms with E-state index in [2.05, 4.69) is 5.32 Å². The van der Waals surface area contributed by atoms with Gasteiger partial charge in [-0.25, -0.2) is 4.39 Å². The molecule has 102 valence electrons. The molecule has 1 atom stereocenters. The molecular formula is C15H19FN2O. The molecule has 1 amide bonds. The zero-order valence-electron chi connectivity index (χ0n) is 11.0. The molecule has 2 saturated heterocycles. The Bertz CT molecular complexity index is 483. The van der Waals surface area contributed by atoms with Crippen LogP contribution in [0.4, 0.5) is 4.39 Å². The van der Waals surface area contributed by atoms with Crippen molar-refractivity contribution in [1.82, 2.24) is 10.2 Å². The first-order valence-corrected chi connectivity index (χ1v) is 6.90. The highest BCUT2D eigenvalue weighted by molar-refractivity contribution is 5.79. The van der Waals surface area contributed by atoms with Gasteiger partial charge in [0.05, 0.1) is 6.42 Å². The molecule has 3 nitrogen and oxygen atoms in total. The van der Waals surface area contributed by atoms with Gasteiger partial charge in [-0.05, 0) is 37.1 Å². The Morgan fingerprint density at radius 2 is 2.32 bits per heavy atom. The van der Waals surface area contributed by atoms with E-state index in [1.54, 1.807) is 6.07 Å². The largest absolute Gasteiger partial charge is 0.342 e. The van der Waals surface area contributed by atoms with E-state index in [4.69, 9.17) is 0 Å². The van der Waals surface area contributed by atoms with Gasteiger partial charge in [-0.2, -0.15) is 0 Å². The average molecular weight is 262 g/mol. The maximum absolute atomic E-state index is 13.1. The number of hydrogen-bond donors (Lipinski definition) is 1. The van der Waals surface area contributed by atoms with Crippen molar-refractivity contribution in [3.8, 4) is 0 Å². The zero-order chi connectivity index (χ0) is 13.3. The van der Waals surface area contributed by atoms with E-state index in [1.165, 1.54) is 12.1 Å². The minimum atomic E-state index is -0.275. The van der Waals surface area contributed by atoms with Crippen molar-refractivity contribution in [3.63, 3.8) is 0 Å². The number of hydrogen-bond acceptors (Lipinski definition) is 2. The molecule has 2 aliphatic rings. The Morgan fingerprint density at radius 1 is 1.42 bits per heavy atom. The maximum Gasteiger partial charge on any atom is 0.227 e. The van der Waals surface area contributed by atoms with E-state index < -0.39 is 0 Å². The topological polar surface area (TPSA) is 32.3 Å². The monoisotopic (exact) mass is 262 g/mol. The molecule has 19 heavy (non-hydrogen) atoms. The Balaban J connectivity index is 1.62. The Labute approximate surface area is 112 Å². The third-order valence-corrected chi connectivity index (χ3v) is 4.37. The lowest BCUT2D eigenvalue weighted by Gasteiger charge is -2.22. The van der Waals surface area contributed by atoms with Gasteiger partial charge >= 0.3 is 0 Å². The number of halogens is 1. The van der Waals surface area contributed by atoms with E-state index in [1.807, 2.05) is 11.0 Å². The van der Waals surface area contributed by atoms with Crippen LogP contribution in [0.5, 0.6) is 0 Å². The quantitative estimate of drug-likeness (QED) is 0.877. The molecule has 2 fully saturated rings. The first kappa shape index (κ1) is 12.6. The lowest BCUT2D eigenvalue weighted by molar-refractivity contribution is -0.129. The molecular weight excluding hydrogens is 243 g/mol. The first-order valence-electron chi connectivity index (χ1n) is 6.90. The van der Waals surface area contributed by atoms with Crippen molar-refractivity contribution in [2.24, 2.45) is 5.41 Å². The lowest BCUT2D eigenvalue weighted by atomic mass is 9.86. The standard InChI is InChI=1S/C15H19FN2O/c16-13-3-1-2-12(8-13)9-14(19)18-7-5-15(11-18)4-6-17-10-15/h1-3,8,17H,4-7,9-11H2. The van der Waals surface area contributed by atoms with Gasteiger partial charge in [0.1, 0.15) is 5.82 Å². The van der Waals surface area contributed by atoms with Gasteiger partial charge in [-0.1, -0.05) is 12.1 Å². The maximum atomic E-state index is 13.1. The van der Waals surface area contributed by atoms with Crippen molar-refractivity contribution < 1.29 is 9.18 Å². The minimum Gasteiger partial charge on any atom is -0.342 e. The summed E-state index contributed by atoms with van der Waals surface area (Å²) in [6, 6.07) is 6.32. The first-order chi connectivity index (χ1) is 9.17. The van der Waals surface area contributed by atoms with Crippen LogP contribution in [-0.2, 0) is 11.2 Å². The van der Waals surface area contributed by atoms with E-state index in [0.717, 1.165) is 44.6 Å². The summed E-state index contributed by atoms with van der Waals surface area (Å²) in [6.07, 6.45) is 2.56. The number of likely N-dealkylation sites (tertiary alicyclic amines) is 1. The molecule has 1 spiro atoms. The average Bonchev–Trinajstić information content (AvgIpc) is 3.00. The van der Waals surface area contributed by atoms with Crippen LogP contribution >= 0.6 is 0 Å². The number of nitrogens with one attached hydrogen (secondary N) is 1. The Hall–Kier alpha value is -1.42. The van der Waals surface area contributed by atoms with Gasteiger partial charge < -0.3 is 10.2 Å². The second-order valence-electron chi connectivity index (χ2n) is 5.80. The normalized spacial score (nSPS) is 26.3.